The Balaban J connectivity index is 1.88. The van der Waals surface area contributed by atoms with Gasteiger partial charge in [-0.1, -0.05) is 0 Å². The molecule has 3 rings (SSSR count). The van der Waals surface area contributed by atoms with Crippen molar-refractivity contribution in [1.29, 1.82) is 0 Å². The summed E-state index contributed by atoms with van der Waals surface area (Å²) in [5.74, 6) is -0.296. The summed E-state index contributed by atoms with van der Waals surface area (Å²) in [5.41, 5.74) is 0.752. The molecule has 30 heavy (non-hydrogen) atoms. The summed E-state index contributed by atoms with van der Waals surface area (Å²) in [6.45, 7) is 2.34. The van der Waals surface area contributed by atoms with Crippen molar-refractivity contribution in [3.05, 3.63) is 41.1 Å². The SMILES string of the molecule is COc1cc(C(F)(F)F)ccc1-c1nnc(C(O)[C@@H]2CCCN(C(=O)O)C2)cc1C. The van der Waals surface area contributed by atoms with Crippen molar-refractivity contribution in [3.63, 3.8) is 0 Å². The molecule has 2 heterocycles. The lowest BCUT2D eigenvalue weighted by atomic mass is 9.90. The number of likely N-dealkylation sites (tertiary alicyclic amines) is 1. The number of hydrogen-bond acceptors (Lipinski definition) is 5. The third-order valence-electron chi connectivity index (χ3n) is 5.27. The zero-order chi connectivity index (χ0) is 22.1. The van der Waals surface area contributed by atoms with Gasteiger partial charge >= 0.3 is 12.3 Å². The first-order chi connectivity index (χ1) is 14.1. The second-order valence-electron chi connectivity index (χ2n) is 7.29. The molecule has 162 valence electrons. The van der Waals surface area contributed by atoms with Gasteiger partial charge in [-0.25, -0.2) is 4.79 Å². The van der Waals surface area contributed by atoms with Gasteiger partial charge in [-0.15, -0.1) is 5.10 Å². The van der Waals surface area contributed by atoms with Crippen LogP contribution in [0.5, 0.6) is 5.75 Å². The van der Waals surface area contributed by atoms with Gasteiger partial charge in [0.25, 0.3) is 0 Å². The number of aryl methyl sites for hydroxylation is 1. The Labute approximate surface area is 171 Å². The molecule has 1 unspecified atom stereocenters. The molecule has 1 aromatic carbocycles. The molecule has 2 N–H and O–H groups in total. The monoisotopic (exact) mass is 425 g/mol. The number of hydrogen-bond donors (Lipinski definition) is 2. The molecule has 2 aromatic rings. The zero-order valence-electron chi connectivity index (χ0n) is 16.5. The first-order valence-corrected chi connectivity index (χ1v) is 9.37. The maximum absolute atomic E-state index is 13.0. The summed E-state index contributed by atoms with van der Waals surface area (Å²) in [5, 5.41) is 28.0. The maximum atomic E-state index is 13.0. The molecule has 0 saturated carbocycles. The van der Waals surface area contributed by atoms with Gasteiger partial charge in [-0.05, 0) is 49.6 Å². The Morgan fingerprint density at radius 2 is 2.03 bits per heavy atom. The van der Waals surface area contributed by atoms with Crippen molar-refractivity contribution in [2.24, 2.45) is 5.92 Å². The Hall–Kier alpha value is -2.88. The van der Waals surface area contributed by atoms with Crippen molar-refractivity contribution in [3.8, 4) is 17.0 Å². The Morgan fingerprint density at radius 1 is 1.30 bits per heavy atom. The summed E-state index contributed by atoms with van der Waals surface area (Å²) < 4.78 is 44.0. The number of rotatable bonds is 4. The van der Waals surface area contributed by atoms with Gasteiger partial charge in [0.15, 0.2) is 0 Å². The number of amides is 1. The van der Waals surface area contributed by atoms with E-state index in [1.165, 1.54) is 18.1 Å². The number of nitrogens with zero attached hydrogens (tertiary/aromatic N) is 3. The average Bonchev–Trinajstić information content (AvgIpc) is 2.72. The van der Waals surface area contributed by atoms with Crippen LogP contribution in [0.2, 0.25) is 0 Å². The van der Waals surface area contributed by atoms with Crippen LogP contribution in [0.3, 0.4) is 0 Å². The number of halogens is 3. The first kappa shape index (κ1) is 21.8. The minimum Gasteiger partial charge on any atom is -0.496 e. The van der Waals surface area contributed by atoms with Gasteiger partial charge in [0, 0.05) is 24.6 Å². The summed E-state index contributed by atoms with van der Waals surface area (Å²) in [6.07, 6.45) is -5.23. The van der Waals surface area contributed by atoms with Crippen LogP contribution in [-0.4, -0.2) is 51.6 Å². The zero-order valence-corrected chi connectivity index (χ0v) is 16.5. The predicted molar refractivity (Wildman–Crippen MR) is 101 cm³/mol. The summed E-state index contributed by atoms with van der Waals surface area (Å²) in [6, 6.07) is 4.75. The van der Waals surface area contributed by atoms with E-state index in [4.69, 9.17) is 9.84 Å². The molecule has 7 nitrogen and oxygen atoms in total. The fraction of sp³-hybridized carbons (Fsp3) is 0.450. The van der Waals surface area contributed by atoms with Crippen molar-refractivity contribution >= 4 is 6.09 Å². The molecule has 0 aliphatic carbocycles. The molecular formula is C20H22F3N3O4. The number of ether oxygens (including phenoxy) is 1. The van der Waals surface area contributed by atoms with E-state index in [1.807, 2.05) is 0 Å². The molecule has 10 heteroatoms. The first-order valence-electron chi connectivity index (χ1n) is 9.37. The molecule has 1 aliphatic rings. The van der Waals surface area contributed by atoms with Crippen molar-refractivity contribution < 1.29 is 32.9 Å². The van der Waals surface area contributed by atoms with Gasteiger partial charge in [-0.2, -0.15) is 18.3 Å². The third kappa shape index (κ3) is 4.48. The summed E-state index contributed by atoms with van der Waals surface area (Å²) in [7, 11) is 1.27. The van der Waals surface area contributed by atoms with E-state index < -0.39 is 23.9 Å². The van der Waals surface area contributed by atoms with E-state index in [0.29, 0.717) is 41.9 Å². The lowest BCUT2D eigenvalue weighted by Gasteiger charge is -2.33. The third-order valence-corrected chi connectivity index (χ3v) is 5.27. The fourth-order valence-electron chi connectivity index (χ4n) is 3.66. The van der Waals surface area contributed by atoms with E-state index in [-0.39, 0.29) is 18.2 Å². The van der Waals surface area contributed by atoms with E-state index >= 15 is 0 Å². The van der Waals surface area contributed by atoms with Gasteiger partial charge in [0.1, 0.15) is 11.9 Å². The maximum Gasteiger partial charge on any atom is 0.416 e. The molecule has 0 spiro atoms. The second kappa shape index (κ2) is 8.47. The summed E-state index contributed by atoms with van der Waals surface area (Å²) >= 11 is 0. The number of benzene rings is 1. The van der Waals surface area contributed by atoms with Crippen molar-refractivity contribution in [2.45, 2.75) is 32.0 Å². The summed E-state index contributed by atoms with van der Waals surface area (Å²) in [4.78, 5) is 12.5. The van der Waals surface area contributed by atoms with Crippen LogP contribution in [0.1, 0.15) is 35.8 Å². The molecule has 1 fully saturated rings. The number of methoxy groups -OCH3 is 1. The fourth-order valence-corrected chi connectivity index (χ4v) is 3.66. The highest BCUT2D eigenvalue weighted by atomic mass is 19.4. The van der Waals surface area contributed by atoms with Crippen LogP contribution in [0.15, 0.2) is 24.3 Å². The number of aromatic nitrogens is 2. The molecule has 0 radical (unpaired) electrons. The molecule has 0 bridgehead atoms. The number of piperidine rings is 1. The van der Waals surface area contributed by atoms with Gasteiger partial charge in [0.2, 0.25) is 0 Å². The van der Waals surface area contributed by atoms with Crippen LogP contribution in [0.4, 0.5) is 18.0 Å². The highest BCUT2D eigenvalue weighted by Crippen LogP contribution is 2.38. The van der Waals surface area contributed by atoms with E-state index in [9.17, 15) is 23.1 Å². The van der Waals surface area contributed by atoms with Gasteiger partial charge in [-0.3, -0.25) is 0 Å². The quantitative estimate of drug-likeness (QED) is 0.771. The van der Waals surface area contributed by atoms with Crippen molar-refractivity contribution in [2.75, 3.05) is 20.2 Å². The molecular weight excluding hydrogens is 403 g/mol. The smallest absolute Gasteiger partial charge is 0.416 e. The minimum atomic E-state index is -4.50. The normalized spacial score (nSPS) is 18.2. The highest BCUT2D eigenvalue weighted by Gasteiger charge is 2.32. The molecule has 1 aliphatic heterocycles. The molecule has 1 saturated heterocycles. The Bertz CT molecular complexity index is 936. The van der Waals surface area contributed by atoms with E-state index in [2.05, 4.69) is 10.2 Å². The van der Waals surface area contributed by atoms with Crippen LogP contribution in [0.25, 0.3) is 11.3 Å². The second-order valence-corrected chi connectivity index (χ2v) is 7.29. The van der Waals surface area contributed by atoms with Crippen LogP contribution >= 0.6 is 0 Å². The number of carbonyl (C=O) groups is 1. The molecule has 2 atom stereocenters. The average molecular weight is 425 g/mol. The van der Waals surface area contributed by atoms with Gasteiger partial charge < -0.3 is 19.8 Å². The van der Waals surface area contributed by atoms with Crippen LogP contribution < -0.4 is 4.74 Å². The van der Waals surface area contributed by atoms with E-state index in [1.54, 1.807) is 13.0 Å². The molecule has 1 amide bonds. The lowest BCUT2D eigenvalue weighted by molar-refractivity contribution is -0.137. The minimum absolute atomic E-state index is 0.0138. The number of aliphatic hydroxyl groups is 1. The van der Waals surface area contributed by atoms with Crippen molar-refractivity contribution in [1.82, 2.24) is 15.1 Å². The topological polar surface area (TPSA) is 95.8 Å². The standard InChI is InChI=1S/C20H22F3N3O4/c1-11-8-15(18(27)12-4-3-7-26(10-12)19(28)29)24-25-17(11)14-6-5-13(20(21,22)23)9-16(14)30-2/h5-6,8-9,12,18,27H,3-4,7,10H2,1-2H3,(H,28,29)/t12-,18?/m1/s1. The van der Waals surface area contributed by atoms with Crippen LogP contribution in [-0.2, 0) is 6.18 Å². The largest absolute Gasteiger partial charge is 0.496 e. The van der Waals surface area contributed by atoms with Gasteiger partial charge in [0.05, 0.1) is 24.1 Å². The van der Waals surface area contributed by atoms with Crippen LogP contribution in [0, 0.1) is 12.8 Å². The Kier molecular flexibility index (Phi) is 6.16. The number of carboxylic acid groups (broad SMARTS) is 1. The predicted octanol–water partition coefficient (Wildman–Crippen LogP) is 3.90. The Morgan fingerprint density at radius 3 is 2.63 bits per heavy atom. The highest BCUT2D eigenvalue weighted by molar-refractivity contribution is 5.70. The number of alkyl halides is 3. The van der Waals surface area contributed by atoms with E-state index in [0.717, 1.165) is 12.1 Å². The molecule has 1 aromatic heterocycles. The number of aliphatic hydroxyl groups excluding tert-OH is 1. The lowest BCUT2D eigenvalue weighted by Crippen LogP contribution is -2.41.